The zero-order chi connectivity index (χ0) is 29.2. The third-order valence-corrected chi connectivity index (χ3v) is 9.70. The average Bonchev–Trinajstić information content (AvgIpc) is 3.36. The van der Waals surface area contributed by atoms with Crippen LogP contribution in [0.2, 0.25) is 0 Å². The molecule has 2 aliphatic rings. The number of amides is 1. The summed E-state index contributed by atoms with van der Waals surface area (Å²) in [6, 6.07) is 2.99. The second kappa shape index (κ2) is 10.0. The molecule has 1 atom stereocenters. The normalized spacial score (nSPS) is 17.4. The first-order valence-corrected chi connectivity index (χ1v) is 14.6. The Labute approximate surface area is 238 Å². The number of benzene rings is 2. The molecule has 4 heterocycles. The fourth-order valence-corrected chi connectivity index (χ4v) is 7.82. The number of thioether (sulfide) groups is 1. The van der Waals surface area contributed by atoms with Crippen LogP contribution in [-0.4, -0.2) is 57.3 Å². The Hall–Kier alpha value is -3.65. The predicted octanol–water partition coefficient (Wildman–Crippen LogP) is 5.02. The van der Waals surface area contributed by atoms with Gasteiger partial charge in [0.15, 0.2) is 0 Å². The molecule has 1 amide bonds. The zero-order valence-corrected chi connectivity index (χ0v) is 23.3. The molecule has 0 bridgehead atoms. The van der Waals surface area contributed by atoms with Gasteiger partial charge in [0.25, 0.3) is 0 Å². The van der Waals surface area contributed by atoms with Gasteiger partial charge in [0.2, 0.25) is 5.91 Å². The molecular formula is C27H23F4N5O3S2. The molecule has 0 aliphatic carbocycles. The number of nitrogens with zero attached hydrogens (tertiary/aromatic N) is 4. The first-order chi connectivity index (χ1) is 19.5. The highest BCUT2D eigenvalue weighted by molar-refractivity contribution is 7.99. The number of H-pyrrole nitrogens is 1. The second-order valence-corrected chi connectivity index (χ2v) is 11.8. The van der Waals surface area contributed by atoms with Crippen LogP contribution in [0, 0.1) is 5.82 Å². The summed E-state index contributed by atoms with van der Waals surface area (Å²) in [6.07, 6.45) is -3.07. The molecule has 1 saturated heterocycles. The molecule has 1 N–H and O–H groups in total. The van der Waals surface area contributed by atoms with Crippen molar-refractivity contribution < 1.29 is 22.4 Å². The first kappa shape index (κ1) is 27.5. The van der Waals surface area contributed by atoms with Crippen molar-refractivity contribution in [2.24, 2.45) is 0 Å². The van der Waals surface area contributed by atoms with E-state index < -0.39 is 28.1 Å². The maximum absolute atomic E-state index is 14.8. The first-order valence-electron chi connectivity index (χ1n) is 12.8. The minimum Gasteiger partial charge on any atom is -0.352 e. The topological polar surface area (TPSA) is 91.3 Å². The molecule has 0 spiro atoms. The summed E-state index contributed by atoms with van der Waals surface area (Å²) in [7, 11) is 0. The largest absolute Gasteiger partial charge is 0.417 e. The molecule has 0 saturated carbocycles. The number of piperazine rings is 1. The number of carbonyl (C=O) groups is 1. The SMILES string of the molecule is C=CC(=O)N1CCN(c2nc(=O)n3c4c(c(-c5ccc(F)c6sc(=O)[nH]c56)c(C(F)(F)F)cc24)SC[C@@H]3CC)CC1. The second-order valence-electron chi connectivity index (χ2n) is 9.81. The van der Waals surface area contributed by atoms with Crippen LogP contribution in [0.25, 0.3) is 32.2 Å². The summed E-state index contributed by atoms with van der Waals surface area (Å²) in [5.41, 5.74) is -1.44. The number of fused-ring (bicyclic) bond motifs is 1. The van der Waals surface area contributed by atoms with Crippen LogP contribution in [0.15, 0.2) is 45.3 Å². The lowest BCUT2D eigenvalue weighted by atomic mass is 9.95. The van der Waals surface area contributed by atoms with Crippen LogP contribution in [0.3, 0.4) is 0 Å². The molecule has 0 unspecified atom stereocenters. The summed E-state index contributed by atoms with van der Waals surface area (Å²) in [5.74, 6) is -0.513. The van der Waals surface area contributed by atoms with Gasteiger partial charge in [-0.15, -0.1) is 11.8 Å². The van der Waals surface area contributed by atoms with Gasteiger partial charge in [0.05, 0.1) is 21.3 Å². The molecule has 4 aromatic rings. The summed E-state index contributed by atoms with van der Waals surface area (Å²) in [4.78, 5) is 47.5. The Morgan fingerprint density at radius 3 is 2.61 bits per heavy atom. The van der Waals surface area contributed by atoms with Gasteiger partial charge >= 0.3 is 16.7 Å². The van der Waals surface area contributed by atoms with Gasteiger partial charge in [0, 0.05) is 59.4 Å². The van der Waals surface area contributed by atoms with E-state index in [1.165, 1.54) is 28.5 Å². The third kappa shape index (κ3) is 4.43. The van der Waals surface area contributed by atoms with Gasteiger partial charge in [-0.1, -0.05) is 24.8 Å². The van der Waals surface area contributed by atoms with Crippen LogP contribution < -0.4 is 15.5 Å². The van der Waals surface area contributed by atoms with E-state index in [1.807, 2.05) is 6.92 Å². The Kier molecular flexibility index (Phi) is 6.72. The molecule has 2 aromatic carbocycles. The maximum atomic E-state index is 14.8. The minimum atomic E-state index is -4.83. The van der Waals surface area contributed by atoms with Gasteiger partial charge < -0.3 is 14.8 Å². The van der Waals surface area contributed by atoms with Gasteiger partial charge in [0.1, 0.15) is 11.6 Å². The minimum absolute atomic E-state index is 0.0227. The summed E-state index contributed by atoms with van der Waals surface area (Å²) < 4.78 is 60.5. The van der Waals surface area contributed by atoms with Crippen LogP contribution in [0.1, 0.15) is 24.9 Å². The predicted molar refractivity (Wildman–Crippen MR) is 151 cm³/mol. The molecule has 0 radical (unpaired) electrons. The number of anilines is 1. The summed E-state index contributed by atoms with van der Waals surface area (Å²) >= 11 is 1.79. The molecule has 14 heteroatoms. The molecule has 41 heavy (non-hydrogen) atoms. The van der Waals surface area contributed by atoms with Crippen LogP contribution in [0.5, 0.6) is 0 Å². The van der Waals surface area contributed by atoms with Crippen molar-refractivity contribution in [3.05, 3.63) is 62.4 Å². The maximum Gasteiger partial charge on any atom is 0.417 e. The van der Waals surface area contributed by atoms with Gasteiger partial charge in [-0.3, -0.25) is 14.2 Å². The molecule has 2 aromatic heterocycles. The van der Waals surface area contributed by atoms with Crippen LogP contribution in [0.4, 0.5) is 23.4 Å². The Morgan fingerprint density at radius 1 is 1.22 bits per heavy atom. The van der Waals surface area contributed by atoms with Crippen LogP contribution >= 0.6 is 23.1 Å². The number of thiazole rings is 1. The highest BCUT2D eigenvalue weighted by Crippen LogP contribution is 2.51. The molecule has 214 valence electrons. The van der Waals surface area contributed by atoms with Crippen molar-refractivity contribution in [1.29, 1.82) is 0 Å². The molecule has 2 aliphatic heterocycles. The Bertz CT molecular complexity index is 1850. The number of nitrogens with one attached hydrogen (secondary N) is 1. The standard InChI is InChI=1S/C27H23F4N5O3S2/c1-3-13-12-40-23-19(14-5-6-17(28)22-20(14)32-26(39)41-22)16(27(29,30)31)11-15-21(23)36(13)25(38)33-24(15)35-9-7-34(8-10-35)18(37)4-2/h4-6,11,13H,2-3,7-10,12H2,1H3,(H,32,39)/t13-/m0/s1. The lowest BCUT2D eigenvalue weighted by Crippen LogP contribution is -2.49. The summed E-state index contributed by atoms with van der Waals surface area (Å²) in [6.45, 7) is 6.50. The van der Waals surface area contributed by atoms with Crippen molar-refractivity contribution in [1.82, 2.24) is 19.4 Å². The van der Waals surface area contributed by atoms with E-state index in [4.69, 9.17) is 0 Å². The molecule has 1 fully saturated rings. The number of hydrogen-bond acceptors (Lipinski definition) is 7. The number of rotatable bonds is 4. The lowest BCUT2D eigenvalue weighted by molar-refractivity contribution is -0.137. The quantitative estimate of drug-likeness (QED) is 0.260. The van der Waals surface area contributed by atoms with Gasteiger partial charge in [-0.25, -0.2) is 9.18 Å². The number of hydrogen-bond donors (Lipinski definition) is 1. The lowest BCUT2D eigenvalue weighted by Gasteiger charge is -2.36. The average molecular weight is 606 g/mol. The van der Waals surface area contributed by atoms with Gasteiger partial charge in [-0.2, -0.15) is 18.2 Å². The number of alkyl halides is 3. The van der Waals surface area contributed by atoms with Crippen molar-refractivity contribution in [2.75, 3.05) is 36.8 Å². The van der Waals surface area contributed by atoms with Crippen LogP contribution in [-0.2, 0) is 11.0 Å². The Balaban J connectivity index is 1.68. The van der Waals surface area contributed by atoms with E-state index in [-0.39, 0.29) is 62.5 Å². The van der Waals surface area contributed by atoms with Crippen molar-refractivity contribution in [3.8, 4) is 11.1 Å². The Morgan fingerprint density at radius 2 is 1.95 bits per heavy atom. The van der Waals surface area contributed by atoms with E-state index in [1.54, 1.807) is 9.80 Å². The smallest absolute Gasteiger partial charge is 0.352 e. The van der Waals surface area contributed by atoms with E-state index in [9.17, 15) is 31.9 Å². The zero-order valence-electron chi connectivity index (χ0n) is 21.7. The van der Waals surface area contributed by atoms with E-state index in [0.29, 0.717) is 42.1 Å². The summed E-state index contributed by atoms with van der Waals surface area (Å²) in [5, 5.41) is 0.169. The van der Waals surface area contributed by atoms with E-state index in [2.05, 4.69) is 16.5 Å². The monoisotopic (exact) mass is 605 g/mol. The highest BCUT2D eigenvalue weighted by atomic mass is 32.2. The van der Waals surface area contributed by atoms with Crippen molar-refractivity contribution in [3.63, 3.8) is 0 Å². The number of aromatic amines is 1. The van der Waals surface area contributed by atoms with E-state index >= 15 is 0 Å². The fraction of sp³-hybridized carbons (Fsp3) is 0.333. The van der Waals surface area contributed by atoms with Crippen molar-refractivity contribution >= 4 is 55.9 Å². The number of aromatic nitrogens is 3. The molecule has 6 rings (SSSR count). The molecular weight excluding hydrogens is 582 g/mol. The van der Waals surface area contributed by atoms with Gasteiger partial charge in [-0.05, 0) is 30.7 Å². The third-order valence-electron chi connectivity index (χ3n) is 7.57. The van der Waals surface area contributed by atoms with E-state index in [0.717, 1.165) is 12.1 Å². The highest BCUT2D eigenvalue weighted by Gasteiger charge is 2.40. The number of carbonyl (C=O) groups excluding carboxylic acids is 1. The van der Waals surface area contributed by atoms with Crippen molar-refractivity contribution in [2.45, 2.75) is 30.5 Å². The fourth-order valence-electron chi connectivity index (χ4n) is 5.60. The number of halogens is 4. The molecule has 8 nitrogen and oxygen atoms in total.